The number of anilines is 1. The number of rotatable bonds is 5. The lowest BCUT2D eigenvalue weighted by atomic mass is 10.2. The van der Waals surface area contributed by atoms with Gasteiger partial charge < -0.3 is 10.6 Å². The first-order valence-electron chi connectivity index (χ1n) is 7.05. The molecule has 2 amide bonds. The summed E-state index contributed by atoms with van der Waals surface area (Å²) in [5.74, 6) is -0.284. The maximum absolute atomic E-state index is 12.2. The fourth-order valence-electron chi connectivity index (χ4n) is 1.88. The van der Waals surface area contributed by atoms with Crippen molar-refractivity contribution in [3.8, 4) is 0 Å². The minimum atomic E-state index is -0.298. The van der Waals surface area contributed by atoms with Gasteiger partial charge >= 0.3 is 0 Å². The molecule has 0 bridgehead atoms. The Morgan fingerprint density at radius 2 is 1.74 bits per heavy atom. The van der Waals surface area contributed by atoms with Crippen LogP contribution in [0.3, 0.4) is 0 Å². The molecule has 0 aromatic heterocycles. The van der Waals surface area contributed by atoms with E-state index in [-0.39, 0.29) is 17.1 Å². The van der Waals surface area contributed by atoms with E-state index in [4.69, 9.17) is 11.6 Å². The highest BCUT2D eigenvalue weighted by atomic mass is 35.5. The number of hydrogen-bond acceptors (Lipinski definition) is 3. The Balaban J connectivity index is 1.98. The van der Waals surface area contributed by atoms with Crippen LogP contribution in [0.1, 0.15) is 17.3 Å². The van der Waals surface area contributed by atoms with E-state index in [1.54, 1.807) is 37.4 Å². The maximum Gasteiger partial charge on any atom is 0.251 e. The smallest absolute Gasteiger partial charge is 0.251 e. The molecular formula is C17H17ClN2O2S. The second kappa shape index (κ2) is 8.04. The van der Waals surface area contributed by atoms with Gasteiger partial charge in [-0.3, -0.25) is 9.59 Å². The van der Waals surface area contributed by atoms with Gasteiger partial charge in [-0.15, -0.1) is 11.8 Å². The number of benzene rings is 2. The summed E-state index contributed by atoms with van der Waals surface area (Å²) in [5, 5.41) is 5.72. The van der Waals surface area contributed by atoms with Crippen molar-refractivity contribution >= 4 is 40.9 Å². The highest BCUT2D eigenvalue weighted by molar-refractivity contribution is 8.00. The molecule has 1 atom stereocenters. The van der Waals surface area contributed by atoms with Crippen LogP contribution in [-0.4, -0.2) is 24.1 Å². The fraction of sp³-hybridized carbons (Fsp3) is 0.176. The molecule has 0 radical (unpaired) electrons. The zero-order chi connectivity index (χ0) is 16.8. The van der Waals surface area contributed by atoms with Crippen LogP contribution >= 0.6 is 23.4 Å². The highest BCUT2D eigenvalue weighted by Gasteiger charge is 2.16. The first-order chi connectivity index (χ1) is 11.0. The summed E-state index contributed by atoms with van der Waals surface area (Å²) in [6, 6.07) is 14.2. The molecule has 2 rings (SSSR count). The fourth-order valence-corrected chi connectivity index (χ4v) is 3.03. The Morgan fingerprint density at radius 1 is 1.09 bits per heavy atom. The third-order valence-electron chi connectivity index (χ3n) is 3.15. The summed E-state index contributed by atoms with van der Waals surface area (Å²) in [6.45, 7) is 1.82. The van der Waals surface area contributed by atoms with Crippen molar-refractivity contribution in [1.29, 1.82) is 0 Å². The van der Waals surface area contributed by atoms with Crippen LogP contribution in [-0.2, 0) is 4.79 Å². The Morgan fingerprint density at radius 3 is 2.35 bits per heavy atom. The van der Waals surface area contributed by atoms with Gasteiger partial charge in [0.2, 0.25) is 5.91 Å². The van der Waals surface area contributed by atoms with Crippen molar-refractivity contribution in [1.82, 2.24) is 5.32 Å². The monoisotopic (exact) mass is 348 g/mol. The molecule has 0 fully saturated rings. The summed E-state index contributed by atoms with van der Waals surface area (Å²) in [4.78, 5) is 24.6. The molecule has 0 aliphatic rings. The molecule has 0 heterocycles. The van der Waals surface area contributed by atoms with Crippen LogP contribution in [0.15, 0.2) is 53.4 Å². The van der Waals surface area contributed by atoms with Gasteiger partial charge in [-0.2, -0.15) is 0 Å². The van der Waals surface area contributed by atoms with E-state index in [0.717, 1.165) is 4.90 Å². The van der Waals surface area contributed by atoms with E-state index < -0.39 is 0 Å². The van der Waals surface area contributed by atoms with Crippen LogP contribution in [0.25, 0.3) is 0 Å². The van der Waals surface area contributed by atoms with Crippen molar-refractivity contribution in [3.05, 3.63) is 59.1 Å². The molecule has 6 heteroatoms. The third-order valence-corrected chi connectivity index (χ3v) is 4.77. The zero-order valence-corrected chi connectivity index (χ0v) is 14.4. The SMILES string of the molecule is CNC(=O)c1ccc(NC(=O)C(C)Sc2ccccc2Cl)cc1. The van der Waals surface area contributed by atoms with Crippen LogP contribution in [0.4, 0.5) is 5.69 Å². The second-order valence-electron chi connectivity index (χ2n) is 4.84. The highest BCUT2D eigenvalue weighted by Crippen LogP contribution is 2.30. The molecule has 0 saturated heterocycles. The normalized spacial score (nSPS) is 11.6. The Labute approximate surface area is 144 Å². The summed E-state index contributed by atoms with van der Waals surface area (Å²) < 4.78 is 0. The summed E-state index contributed by atoms with van der Waals surface area (Å²) in [5.41, 5.74) is 1.19. The number of carbonyl (C=O) groups is 2. The van der Waals surface area contributed by atoms with Crippen molar-refractivity contribution in [3.63, 3.8) is 0 Å². The lowest BCUT2D eigenvalue weighted by Crippen LogP contribution is -2.22. The molecule has 0 spiro atoms. The van der Waals surface area contributed by atoms with Crippen molar-refractivity contribution in [2.45, 2.75) is 17.1 Å². The van der Waals surface area contributed by atoms with Crippen molar-refractivity contribution in [2.75, 3.05) is 12.4 Å². The van der Waals surface area contributed by atoms with Crippen LogP contribution in [0, 0.1) is 0 Å². The molecule has 120 valence electrons. The molecule has 23 heavy (non-hydrogen) atoms. The lowest BCUT2D eigenvalue weighted by Gasteiger charge is -2.13. The minimum Gasteiger partial charge on any atom is -0.355 e. The molecule has 0 aliphatic carbocycles. The Bertz CT molecular complexity index is 704. The molecular weight excluding hydrogens is 332 g/mol. The molecule has 4 nitrogen and oxygen atoms in total. The van der Waals surface area contributed by atoms with Crippen molar-refractivity contribution in [2.24, 2.45) is 0 Å². The molecule has 2 aromatic carbocycles. The number of hydrogen-bond donors (Lipinski definition) is 2. The average Bonchev–Trinajstić information content (AvgIpc) is 2.56. The Kier molecular flexibility index (Phi) is 6.07. The largest absolute Gasteiger partial charge is 0.355 e. The van der Waals surface area contributed by atoms with E-state index in [1.165, 1.54) is 11.8 Å². The van der Waals surface area contributed by atoms with Gasteiger partial charge in [0.05, 0.1) is 10.3 Å². The van der Waals surface area contributed by atoms with E-state index in [0.29, 0.717) is 16.3 Å². The number of nitrogens with one attached hydrogen (secondary N) is 2. The summed E-state index contributed by atoms with van der Waals surface area (Å²) in [7, 11) is 1.58. The predicted octanol–water partition coefficient (Wildman–Crippen LogP) is 3.82. The van der Waals surface area contributed by atoms with Gasteiger partial charge in [0.1, 0.15) is 0 Å². The van der Waals surface area contributed by atoms with Gasteiger partial charge in [0.25, 0.3) is 5.91 Å². The summed E-state index contributed by atoms with van der Waals surface area (Å²) in [6.07, 6.45) is 0. The Hall–Kier alpha value is -1.98. The van der Waals surface area contributed by atoms with Crippen LogP contribution < -0.4 is 10.6 Å². The second-order valence-corrected chi connectivity index (χ2v) is 6.63. The molecule has 0 aliphatic heterocycles. The predicted molar refractivity (Wildman–Crippen MR) is 95.2 cm³/mol. The topological polar surface area (TPSA) is 58.2 Å². The number of amides is 2. The lowest BCUT2D eigenvalue weighted by molar-refractivity contribution is -0.115. The zero-order valence-electron chi connectivity index (χ0n) is 12.8. The number of thioether (sulfide) groups is 1. The van der Waals surface area contributed by atoms with Gasteiger partial charge in [-0.1, -0.05) is 23.7 Å². The van der Waals surface area contributed by atoms with E-state index in [9.17, 15) is 9.59 Å². The molecule has 2 N–H and O–H groups in total. The third kappa shape index (κ3) is 4.74. The summed E-state index contributed by atoms with van der Waals surface area (Å²) >= 11 is 7.50. The molecule has 1 unspecified atom stereocenters. The van der Waals surface area contributed by atoms with Gasteiger partial charge in [0, 0.05) is 23.2 Å². The van der Waals surface area contributed by atoms with Crippen molar-refractivity contribution < 1.29 is 9.59 Å². The molecule has 0 saturated carbocycles. The molecule has 2 aromatic rings. The average molecular weight is 349 g/mol. The van der Waals surface area contributed by atoms with Crippen LogP contribution in [0.2, 0.25) is 5.02 Å². The minimum absolute atomic E-state index is 0.123. The first kappa shape index (κ1) is 17.4. The van der Waals surface area contributed by atoms with Gasteiger partial charge in [0.15, 0.2) is 0 Å². The first-order valence-corrected chi connectivity index (χ1v) is 8.31. The van der Waals surface area contributed by atoms with Gasteiger partial charge in [-0.05, 0) is 43.3 Å². The van der Waals surface area contributed by atoms with Gasteiger partial charge in [-0.25, -0.2) is 0 Å². The maximum atomic E-state index is 12.2. The quantitative estimate of drug-likeness (QED) is 0.807. The van der Waals surface area contributed by atoms with E-state index in [2.05, 4.69) is 10.6 Å². The number of halogens is 1. The van der Waals surface area contributed by atoms with E-state index in [1.807, 2.05) is 25.1 Å². The number of carbonyl (C=O) groups excluding carboxylic acids is 2. The van der Waals surface area contributed by atoms with Crippen LogP contribution in [0.5, 0.6) is 0 Å². The standard InChI is InChI=1S/C17H17ClN2O2S/c1-11(23-15-6-4-3-5-14(15)18)16(21)20-13-9-7-12(8-10-13)17(22)19-2/h3-11H,1-2H3,(H,19,22)(H,20,21). The van der Waals surface area contributed by atoms with E-state index >= 15 is 0 Å².